The van der Waals surface area contributed by atoms with E-state index >= 15 is 0 Å². The van der Waals surface area contributed by atoms with Crippen LogP contribution >= 0.6 is 0 Å². The molecular weight excluding hydrogens is 617 g/mol. The van der Waals surface area contributed by atoms with Gasteiger partial charge in [0.25, 0.3) is 0 Å². The lowest BCUT2D eigenvalue weighted by Crippen LogP contribution is -2.51. The third kappa shape index (κ3) is 5.29. The minimum absolute atomic E-state index is 0.115. The van der Waals surface area contributed by atoms with Gasteiger partial charge in [0.1, 0.15) is 16.7 Å². The van der Waals surface area contributed by atoms with Crippen molar-refractivity contribution in [3.63, 3.8) is 0 Å². The van der Waals surface area contributed by atoms with Gasteiger partial charge in [-0.15, -0.1) is 0 Å². The van der Waals surface area contributed by atoms with Crippen molar-refractivity contribution in [1.82, 2.24) is 5.32 Å². The number of benzene rings is 2. The lowest BCUT2D eigenvalue weighted by molar-refractivity contribution is -0.348. The number of aryl methyl sites for hydroxylation is 1. The van der Waals surface area contributed by atoms with Crippen molar-refractivity contribution in [2.45, 2.75) is 79.0 Å². The Kier molecular flexibility index (Phi) is 8.21. The minimum atomic E-state index is -6.39. The molecule has 0 aliphatic heterocycles. The Bertz CT molecular complexity index is 1470. The number of carbonyl (C=O) groups excluding carboxylic acids is 1. The standard InChI is InChI=1S/C28H28F9NO4S/c1-24(2,40)22(30)14-38-23(39)19-11-12-25(43(41,42)18-7-5-17(29)6-8-18)20-10-4-16(13-15(20)3-9-21(19)25)26(31,27(32,33)34)28(35,36)37/h4-8,10,13,19,21-22,40H,3,9,11-12,14H2,1-2H3,(H,38,39)/t19-,21+,22-,25-/m1/s1. The molecule has 0 radical (unpaired) electrons. The summed E-state index contributed by atoms with van der Waals surface area (Å²) in [6.07, 6.45) is -15.6. The Morgan fingerprint density at radius 3 is 2.12 bits per heavy atom. The molecule has 2 aromatic rings. The van der Waals surface area contributed by atoms with Gasteiger partial charge in [-0.3, -0.25) is 4.79 Å². The van der Waals surface area contributed by atoms with Crippen molar-refractivity contribution >= 4 is 15.7 Å². The topological polar surface area (TPSA) is 83.5 Å². The van der Waals surface area contributed by atoms with E-state index in [0.29, 0.717) is 6.07 Å². The van der Waals surface area contributed by atoms with Gasteiger partial charge in [0.05, 0.1) is 17.0 Å². The Labute approximate surface area is 241 Å². The lowest BCUT2D eigenvalue weighted by atomic mass is 9.72. The molecule has 5 nitrogen and oxygen atoms in total. The summed E-state index contributed by atoms with van der Waals surface area (Å²) in [5.74, 6) is -3.70. The summed E-state index contributed by atoms with van der Waals surface area (Å²) < 4.78 is 150. The molecule has 1 amide bonds. The smallest absolute Gasteiger partial charge is 0.387 e. The van der Waals surface area contributed by atoms with E-state index in [2.05, 4.69) is 5.32 Å². The number of carbonyl (C=O) groups is 1. The second-order valence-corrected chi connectivity index (χ2v) is 13.7. The average molecular weight is 646 g/mol. The number of halogens is 9. The molecule has 0 spiro atoms. The normalized spacial score (nSPS) is 23.8. The van der Waals surface area contributed by atoms with E-state index in [1.807, 2.05) is 0 Å². The van der Waals surface area contributed by atoms with Crippen LogP contribution in [0.2, 0.25) is 0 Å². The molecule has 1 fully saturated rings. The monoisotopic (exact) mass is 645 g/mol. The Morgan fingerprint density at radius 1 is 1.00 bits per heavy atom. The quantitative estimate of drug-likeness (QED) is 0.287. The second kappa shape index (κ2) is 10.7. The molecule has 0 bridgehead atoms. The van der Waals surface area contributed by atoms with Crippen LogP contribution in [0.25, 0.3) is 0 Å². The first kappa shape index (κ1) is 33.1. The number of amides is 1. The first-order chi connectivity index (χ1) is 19.6. The molecule has 0 aromatic heterocycles. The number of alkyl halides is 8. The highest BCUT2D eigenvalue weighted by Crippen LogP contribution is 2.60. The molecule has 2 N–H and O–H groups in total. The van der Waals surface area contributed by atoms with Crippen molar-refractivity contribution in [3.05, 3.63) is 65.0 Å². The van der Waals surface area contributed by atoms with Crippen LogP contribution in [-0.2, 0) is 31.5 Å². The van der Waals surface area contributed by atoms with E-state index in [9.17, 15) is 57.8 Å². The fourth-order valence-electron chi connectivity index (χ4n) is 6.26. The second-order valence-electron chi connectivity index (χ2n) is 11.5. The average Bonchev–Trinajstić information content (AvgIpc) is 3.31. The van der Waals surface area contributed by atoms with Gasteiger partial charge in [-0.1, -0.05) is 18.2 Å². The van der Waals surface area contributed by atoms with Gasteiger partial charge >= 0.3 is 18.0 Å². The van der Waals surface area contributed by atoms with Gasteiger partial charge in [0, 0.05) is 11.5 Å². The Hall–Kier alpha value is -2.81. The first-order valence-corrected chi connectivity index (χ1v) is 14.7. The molecule has 2 aliphatic rings. The molecule has 2 aliphatic carbocycles. The van der Waals surface area contributed by atoms with Gasteiger partial charge in [0.2, 0.25) is 5.91 Å². The zero-order valence-corrected chi connectivity index (χ0v) is 23.6. The number of sulfone groups is 1. The van der Waals surface area contributed by atoms with Gasteiger partial charge in [-0.05, 0) is 80.8 Å². The summed E-state index contributed by atoms with van der Waals surface area (Å²) in [6.45, 7) is 1.74. The summed E-state index contributed by atoms with van der Waals surface area (Å²) in [7, 11) is -4.62. The van der Waals surface area contributed by atoms with Gasteiger partial charge < -0.3 is 10.4 Å². The molecule has 238 valence electrons. The van der Waals surface area contributed by atoms with Crippen LogP contribution in [0.15, 0.2) is 47.4 Å². The molecule has 0 unspecified atom stereocenters. The maximum Gasteiger partial charge on any atom is 0.435 e. The number of fused-ring (bicyclic) bond motifs is 3. The van der Waals surface area contributed by atoms with E-state index in [4.69, 9.17) is 0 Å². The minimum Gasteiger partial charge on any atom is -0.387 e. The highest BCUT2D eigenvalue weighted by atomic mass is 32.2. The molecule has 15 heteroatoms. The summed E-state index contributed by atoms with van der Waals surface area (Å²) in [4.78, 5) is 12.8. The van der Waals surface area contributed by atoms with Gasteiger partial charge in [-0.25, -0.2) is 21.6 Å². The van der Waals surface area contributed by atoms with E-state index in [0.717, 1.165) is 30.3 Å². The van der Waals surface area contributed by atoms with Crippen LogP contribution < -0.4 is 5.32 Å². The summed E-state index contributed by atoms with van der Waals surface area (Å²) >= 11 is 0. The predicted octanol–water partition coefficient (Wildman–Crippen LogP) is 5.98. The highest BCUT2D eigenvalue weighted by Gasteiger charge is 2.74. The predicted molar refractivity (Wildman–Crippen MR) is 135 cm³/mol. The van der Waals surface area contributed by atoms with E-state index in [-0.39, 0.29) is 42.9 Å². The van der Waals surface area contributed by atoms with Crippen LogP contribution in [0.3, 0.4) is 0 Å². The van der Waals surface area contributed by atoms with Crippen LogP contribution in [0.1, 0.15) is 49.8 Å². The van der Waals surface area contributed by atoms with Crippen molar-refractivity contribution in [3.8, 4) is 0 Å². The zero-order chi connectivity index (χ0) is 32.4. The zero-order valence-electron chi connectivity index (χ0n) is 22.8. The molecule has 2 aromatic carbocycles. The SMILES string of the molecule is CC(C)(O)[C@H](F)CNC(=O)[C@@H]1CC[C@@]2(S(=O)(=O)c3ccc(F)cc3)c3ccc(C(F)(C(F)(F)F)C(F)(F)F)cc3CC[C@@H]12. The number of rotatable bonds is 7. The van der Waals surface area contributed by atoms with Crippen molar-refractivity contribution < 1.29 is 57.8 Å². The third-order valence-corrected chi connectivity index (χ3v) is 11.1. The fourth-order valence-corrected chi connectivity index (χ4v) is 8.74. The largest absolute Gasteiger partial charge is 0.435 e. The molecule has 0 saturated heterocycles. The number of aliphatic hydroxyl groups is 1. The highest BCUT2D eigenvalue weighted by molar-refractivity contribution is 7.92. The third-order valence-electron chi connectivity index (χ3n) is 8.54. The van der Waals surface area contributed by atoms with Crippen molar-refractivity contribution in [2.75, 3.05) is 6.54 Å². The van der Waals surface area contributed by atoms with Crippen LogP contribution in [0, 0.1) is 17.7 Å². The van der Waals surface area contributed by atoms with Gasteiger partial charge in [-0.2, -0.15) is 26.3 Å². The number of hydrogen-bond donors (Lipinski definition) is 2. The summed E-state index contributed by atoms with van der Waals surface area (Å²) in [5, 5.41) is 12.2. The fraction of sp³-hybridized carbons (Fsp3) is 0.536. The summed E-state index contributed by atoms with van der Waals surface area (Å²) in [6, 6.07) is 4.93. The number of hydrogen-bond acceptors (Lipinski definition) is 4. The maximum absolute atomic E-state index is 14.9. The van der Waals surface area contributed by atoms with Gasteiger partial charge in [0.15, 0.2) is 9.84 Å². The molecule has 1 saturated carbocycles. The Morgan fingerprint density at radius 2 is 1.58 bits per heavy atom. The molecule has 4 atom stereocenters. The summed E-state index contributed by atoms with van der Waals surface area (Å²) in [5.41, 5.74) is -9.79. The maximum atomic E-state index is 14.9. The molecular formula is C28H28F9NO4S. The van der Waals surface area contributed by atoms with Crippen LogP contribution in [0.5, 0.6) is 0 Å². The van der Waals surface area contributed by atoms with E-state index in [1.165, 1.54) is 13.8 Å². The van der Waals surface area contributed by atoms with E-state index < -0.39 is 84.9 Å². The van der Waals surface area contributed by atoms with Crippen LogP contribution in [0.4, 0.5) is 39.5 Å². The van der Waals surface area contributed by atoms with Crippen LogP contribution in [-0.4, -0.2) is 50.1 Å². The molecule has 0 heterocycles. The molecule has 4 rings (SSSR count). The van der Waals surface area contributed by atoms with Crippen molar-refractivity contribution in [2.24, 2.45) is 11.8 Å². The lowest BCUT2D eigenvalue weighted by Gasteiger charge is -2.42. The Balaban J connectivity index is 1.86. The van der Waals surface area contributed by atoms with Crippen molar-refractivity contribution in [1.29, 1.82) is 0 Å². The number of nitrogens with one attached hydrogen (secondary N) is 1. The first-order valence-electron chi connectivity index (χ1n) is 13.2. The molecule has 43 heavy (non-hydrogen) atoms. The van der Waals surface area contributed by atoms with E-state index in [1.54, 1.807) is 0 Å².